The average molecular weight is 164 g/mol. The second kappa shape index (κ2) is 2.47. The summed E-state index contributed by atoms with van der Waals surface area (Å²) in [5, 5.41) is 7.69. The summed E-state index contributed by atoms with van der Waals surface area (Å²) in [6.07, 6.45) is 4.60. The molecule has 2 aromatic rings. The summed E-state index contributed by atoms with van der Waals surface area (Å²) in [7, 11) is 0. The van der Waals surface area contributed by atoms with Crippen LogP contribution in [0.1, 0.15) is 5.01 Å². The predicted molar refractivity (Wildman–Crippen MR) is 43.3 cm³/mol. The van der Waals surface area contributed by atoms with Crippen LogP contribution in [0.15, 0.2) is 12.3 Å². The maximum Gasteiger partial charge on any atom is 0.104 e. The molecular formula is C7H6N3S. The van der Waals surface area contributed by atoms with Gasteiger partial charge in [0, 0.05) is 6.20 Å². The van der Waals surface area contributed by atoms with Gasteiger partial charge in [-0.05, 0) is 13.0 Å². The van der Waals surface area contributed by atoms with Crippen molar-refractivity contribution in [1.29, 1.82) is 0 Å². The van der Waals surface area contributed by atoms with E-state index in [1.54, 1.807) is 11.3 Å². The Kier molecular flexibility index (Phi) is 1.47. The Morgan fingerprint density at radius 2 is 2.55 bits per heavy atom. The highest BCUT2D eigenvalue weighted by molar-refractivity contribution is 7.15. The maximum atomic E-state index is 4.12. The summed E-state index contributed by atoms with van der Waals surface area (Å²) in [6, 6.07) is 1.81. The highest BCUT2D eigenvalue weighted by Crippen LogP contribution is 2.22. The zero-order chi connectivity index (χ0) is 7.68. The Morgan fingerprint density at radius 3 is 3.09 bits per heavy atom. The van der Waals surface area contributed by atoms with Crippen LogP contribution in [-0.2, 0) is 0 Å². The van der Waals surface area contributed by atoms with Crippen LogP contribution in [0, 0.1) is 13.1 Å². The normalized spacial score (nSPS) is 10.3. The summed E-state index contributed by atoms with van der Waals surface area (Å²) in [5.74, 6) is 0. The topological polar surface area (TPSA) is 41.6 Å². The van der Waals surface area contributed by atoms with Gasteiger partial charge in [-0.2, -0.15) is 5.10 Å². The molecule has 0 saturated carbocycles. The molecular weight excluding hydrogens is 158 g/mol. The third kappa shape index (κ3) is 1.17. The summed E-state index contributed by atoms with van der Waals surface area (Å²) in [4.78, 5) is 5.21. The molecule has 0 bridgehead atoms. The minimum atomic E-state index is 0.913. The van der Waals surface area contributed by atoms with E-state index in [4.69, 9.17) is 0 Å². The lowest BCUT2D eigenvalue weighted by Gasteiger charge is -1.82. The van der Waals surface area contributed by atoms with Gasteiger partial charge in [0.15, 0.2) is 0 Å². The molecule has 0 aliphatic carbocycles. The van der Waals surface area contributed by atoms with E-state index in [9.17, 15) is 0 Å². The van der Waals surface area contributed by atoms with E-state index in [1.807, 2.05) is 19.2 Å². The van der Waals surface area contributed by atoms with Crippen LogP contribution in [0.4, 0.5) is 0 Å². The molecule has 2 aromatic heterocycles. The fraction of sp³-hybridized carbons (Fsp3) is 0.143. The van der Waals surface area contributed by atoms with Crippen LogP contribution in [0.5, 0.6) is 0 Å². The van der Waals surface area contributed by atoms with Crippen LogP contribution >= 0.6 is 11.3 Å². The van der Waals surface area contributed by atoms with Crippen molar-refractivity contribution in [2.75, 3.05) is 0 Å². The Bertz CT molecular complexity index is 336. The number of aromatic nitrogens is 3. The summed E-state index contributed by atoms with van der Waals surface area (Å²) in [5.41, 5.74) is 0.913. The molecule has 1 N–H and O–H groups in total. The Balaban J connectivity index is 2.45. The van der Waals surface area contributed by atoms with Gasteiger partial charge in [-0.3, -0.25) is 5.10 Å². The number of rotatable bonds is 1. The van der Waals surface area contributed by atoms with Crippen LogP contribution in [0.2, 0.25) is 0 Å². The molecule has 0 spiro atoms. The van der Waals surface area contributed by atoms with E-state index in [-0.39, 0.29) is 0 Å². The Hall–Kier alpha value is -1.16. The molecule has 11 heavy (non-hydrogen) atoms. The first-order chi connectivity index (χ1) is 5.36. The first-order valence-corrected chi connectivity index (χ1v) is 4.02. The van der Waals surface area contributed by atoms with Crippen molar-refractivity contribution in [1.82, 2.24) is 15.2 Å². The van der Waals surface area contributed by atoms with Gasteiger partial charge in [0.2, 0.25) is 0 Å². The molecule has 3 nitrogen and oxygen atoms in total. The summed E-state index contributed by atoms with van der Waals surface area (Å²) in [6.45, 7) is 1.98. The quantitative estimate of drug-likeness (QED) is 0.696. The van der Waals surface area contributed by atoms with Gasteiger partial charge < -0.3 is 0 Å². The van der Waals surface area contributed by atoms with Gasteiger partial charge in [-0.25, -0.2) is 4.98 Å². The molecule has 0 aliphatic heterocycles. The van der Waals surface area contributed by atoms with Crippen LogP contribution < -0.4 is 0 Å². The standard InChI is InChI=1S/C7H6N3S/c1-5-8-4-7(11-5)6-2-3-9-10-6/h2,4H,1H3,(H,9,10). The molecule has 0 unspecified atom stereocenters. The molecule has 2 rings (SSSR count). The average Bonchev–Trinajstić information content (AvgIpc) is 2.55. The third-order valence-corrected chi connectivity index (χ3v) is 2.26. The van der Waals surface area contributed by atoms with Crippen molar-refractivity contribution >= 4 is 11.3 Å². The minimum Gasteiger partial charge on any atom is -0.276 e. The van der Waals surface area contributed by atoms with E-state index < -0.39 is 0 Å². The van der Waals surface area contributed by atoms with Gasteiger partial charge in [-0.15, -0.1) is 11.3 Å². The van der Waals surface area contributed by atoms with Crippen LogP contribution in [0.25, 0.3) is 10.6 Å². The Labute approximate surface area is 68.1 Å². The molecule has 0 aromatic carbocycles. The van der Waals surface area contributed by atoms with Gasteiger partial charge in [-0.1, -0.05) is 0 Å². The van der Waals surface area contributed by atoms with Gasteiger partial charge in [0.05, 0.1) is 16.1 Å². The Morgan fingerprint density at radius 1 is 1.64 bits per heavy atom. The first-order valence-electron chi connectivity index (χ1n) is 3.20. The zero-order valence-electron chi connectivity index (χ0n) is 5.96. The third-order valence-electron chi connectivity index (χ3n) is 1.32. The van der Waals surface area contributed by atoms with Gasteiger partial charge in [0.1, 0.15) is 5.69 Å². The number of H-pyrrole nitrogens is 1. The van der Waals surface area contributed by atoms with E-state index in [0.717, 1.165) is 15.6 Å². The zero-order valence-corrected chi connectivity index (χ0v) is 6.77. The van der Waals surface area contributed by atoms with E-state index in [0.29, 0.717) is 0 Å². The highest BCUT2D eigenvalue weighted by atomic mass is 32.1. The van der Waals surface area contributed by atoms with Gasteiger partial charge in [0.25, 0.3) is 0 Å². The van der Waals surface area contributed by atoms with E-state index in [2.05, 4.69) is 21.4 Å². The van der Waals surface area contributed by atoms with E-state index in [1.165, 1.54) is 0 Å². The predicted octanol–water partition coefficient (Wildman–Crippen LogP) is 1.64. The number of nitrogens with one attached hydrogen (secondary N) is 1. The lowest BCUT2D eigenvalue weighted by molar-refractivity contribution is 1.09. The lowest BCUT2D eigenvalue weighted by Crippen LogP contribution is -1.69. The summed E-state index contributed by atoms with van der Waals surface area (Å²) < 4.78 is 0. The van der Waals surface area contributed by atoms with E-state index >= 15 is 0 Å². The second-order valence-electron chi connectivity index (χ2n) is 2.14. The van der Waals surface area contributed by atoms with Crippen molar-refractivity contribution in [2.24, 2.45) is 0 Å². The maximum absolute atomic E-state index is 4.12. The van der Waals surface area contributed by atoms with Crippen molar-refractivity contribution in [3.8, 4) is 10.6 Å². The molecule has 0 atom stereocenters. The molecule has 0 amide bonds. The number of thiazole rings is 1. The largest absolute Gasteiger partial charge is 0.276 e. The smallest absolute Gasteiger partial charge is 0.104 e. The SMILES string of the molecule is Cc1ncc(-c2c[c][nH]n2)s1. The van der Waals surface area contributed by atoms with Crippen molar-refractivity contribution < 1.29 is 0 Å². The van der Waals surface area contributed by atoms with Crippen molar-refractivity contribution in [3.05, 3.63) is 23.5 Å². The second-order valence-corrected chi connectivity index (χ2v) is 3.38. The molecule has 1 radical (unpaired) electrons. The minimum absolute atomic E-state index is 0.913. The monoisotopic (exact) mass is 164 g/mol. The first kappa shape index (κ1) is 6.54. The molecule has 4 heteroatoms. The van der Waals surface area contributed by atoms with Gasteiger partial charge >= 0.3 is 0 Å². The highest BCUT2D eigenvalue weighted by Gasteiger charge is 2.02. The lowest BCUT2D eigenvalue weighted by atomic mass is 10.4. The molecule has 55 valence electrons. The summed E-state index contributed by atoms with van der Waals surface area (Å²) >= 11 is 1.63. The van der Waals surface area contributed by atoms with Crippen LogP contribution in [0.3, 0.4) is 0 Å². The molecule has 0 saturated heterocycles. The number of hydrogen-bond donors (Lipinski definition) is 1. The fourth-order valence-corrected chi connectivity index (χ4v) is 1.57. The number of hydrogen-bond acceptors (Lipinski definition) is 3. The fourth-order valence-electron chi connectivity index (χ4n) is 0.831. The molecule has 0 fully saturated rings. The van der Waals surface area contributed by atoms with Crippen molar-refractivity contribution in [2.45, 2.75) is 6.92 Å². The molecule has 0 aliphatic rings. The molecule has 2 heterocycles. The van der Waals surface area contributed by atoms with Crippen molar-refractivity contribution in [3.63, 3.8) is 0 Å². The van der Waals surface area contributed by atoms with Crippen LogP contribution in [-0.4, -0.2) is 15.2 Å². The number of aryl methyl sites for hydroxylation is 1. The number of nitrogens with zero attached hydrogens (tertiary/aromatic N) is 2. The number of aromatic amines is 1.